The van der Waals surface area contributed by atoms with E-state index in [0.717, 1.165) is 47.4 Å². The third-order valence-corrected chi connectivity index (χ3v) is 6.85. The Labute approximate surface area is 197 Å². The molecule has 2 fully saturated rings. The number of imide groups is 1. The molecule has 176 valence electrons. The van der Waals surface area contributed by atoms with Crippen LogP contribution in [-0.4, -0.2) is 53.8 Å². The van der Waals surface area contributed by atoms with Crippen LogP contribution in [0.2, 0.25) is 0 Å². The molecule has 4 amide bonds. The summed E-state index contributed by atoms with van der Waals surface area (Å²) in [6.07, 6.45) is 3.85. The van der Waals surface area contributed by atoms with Gasteiger partial charge in [0.15, 0.2) is 0 Å². The molecule has 2 saturated heterocycles. The third kappa shape index (κ3) is 4.05. The zero-order valence-corrected chi connectivity index (χ0v) is 19.1. The van der Waals surface area contributed by atoms with Crippen molar-refractivity contribution in [1.82, 2.24) is 20.4 Å². The van der Waals surface area contributed by atoms with Crippen molar-refractivity contribution < 1.29 is 18.8 Å². The predicted octanol–water partition coefficient (Wildman–Crippen LogP) is 3.15. The maximum absolute atomic E-state index is 13.3. The first-order chi connectivity index (χ1) is 16.5. The Morgan fingerprint density at radius 2 is 1.85 bits per heavy atom. The van der Waals surface area contributed by atoms with Gasteiger partial charge in [-0.1, -0.05) is 36.4 Å². The molecule has 5 rings (SSSR count). The van der Waals surface area contributed by atoms with Gasteiger partial charge in [-0.05, 0) is 67.4 Å². The maximum Gasteiger partial charge on any atom is 0.325 e. The first-order valence-corrected chi connectivity index (χ1v) is 11.6. The van der Waals surface area contributed by atoms with E-state index in [4.69, 9.17) is 4.42 Å². The van der Waals surface area contributed by atoms with Crippen molar-refractivity contribution in [2.45, 2.75) is 31.3 Å². The number of amides is 4. The minimum Gasteiger partial charge on any atom is -0.468 e. The number of fused-ring (bicyclic) bond motifs is 1. The minimum absolute atomic E-state index is 0.0765. The lowest BCUT2D eigenvalue weighted by Crippen LogP contribution is -2.44. The number of carbonyl (C=O) groups is 3. The highest BCUT2D eigenvalue weighted by molar-refractivity contribution is 6.09. The van der Waals surface area contributed by atoms with Crippen molar-refractivity contribution in [3.05, 3.63) is 72.2 Å². The summed E-state index contributed by atoms with van der Waals surface area (Å²) in [5.41, 5.74) is -0.549. The zero-order valence-electron chi connectivity index (χ0n) is 19.1. The molecular weight excluding hydrogens is 432 g/mol. The molecule has 2 N–H and O–H groups in total. The number of likely N-dealkylation sites (tertiary alicyclic amines) is 1. The van der Waals surface area contributed by atoms with Crippen molar-refractivity contribution in [2.24, 2.45) is 0 Å². The lowest BCUT2D eigenvalue weighted by atomic mass is 9.90. The van der Waals surface area contributed by atoms with E-state index in [-0.39, 0.29) is 18.5 Å². The minimum atomic E-state index is -1.23. The van der Waals surface area contributed by atoms with E-state index in [9.17, 15) is 14.4 Å². The summed E-state index contributed by atoms with van der Waals surface area (Å²) in [5.74, 6) is -0.0341. The average molecular weight is 461 g/mol. The van der Waals surface area contributed by atoms with Gasteiger partial charge in [-0.25, -0.2) is 4.79 Å². The van der Waals surface area contributed by atoms with Crippen LogP contribution in [0.1, 0.15) is 37.1 Å². The lowest BCUT2D eigenvalue weighted by molar-refractivity contribution is -0.134. The Morgan fingerprint density at radius 1 is 1.09 bits per heavy atom. The summed E-state index contributed by atoms with van der Waals surface area (Å²) >= 11 is 0. The number of nitrogens with one attached hydrogen (secondary N) is 2. The van der Waals surface area contributed by atoms with E-state index < -0.39 is 17.5 Å². The topological polar surface area (TPSA) is 94.9 Å². The van der Waals surface area contributed by atoms with Gasteiger partial charge >= 0.3 is 6.03 Å². The molecule has 1 aromatic heterocycles. The van der Waals surface area contributed by atoms with Gasteiger partial charge in [0, 0.05) is 6.54 Å². The Bertz CT molecular complexity index is 1220. The van der Waals surface area contributed by atoms with Crippen LogP contribution >= 0.6 is 0 Å². The summed E-state index contributed by atoms with van der Waals surface area (Å²) in [6, 6.07) is 16.6. The largest absolute Gasteiger partial charge is 0.468 e. The van der Waals surface area contributed by atoms with Crippen LogP contribution in [0.25, 0.3) is 10.8 Å². The van der Waals surface area contributed by atoms with Crippen LogP contribution < -0.4 is 10.6 Å². The first-order valence-electron chi connectivity index (χ1n) is 11.6. The Kier molecular flexibility index (Phi) is 5.83. The molecule has 2 atom stereocenters. The quantitative estimate of drug-likeness (QED) is 0.528. The monoisotopic (exact) mass is 460 g/mol. The third-order valence-electron chi connectivity index (χ3n) is 6.85. The predicted molar refractivity (Wildman–Crippen MR) is 127 cm³/mol. The standard InChI is InChI=1S/C26H28N4O4/c1-26(20-11-10-18-7-2-3-8-19(18)15-20)24(32)30(25(33)28-26)17-23(31)27-16-21(22-9-6-14-34-22)29-12-4-5-13-29/h2-3,6-11,14-15,21H,4-5,12-13,16-17H2,1H3,(H,27,31)(H,28,33). The van der Waals surface area contributed by atoms with Crippen molar-refractivity contribution in [2.75, 3.05) is 26.2 Å². The molecule has 8 nitrogen and oxygen atoms in total. The van der Waals surface area contributed by atoms with Crippen LogP contribution in [0.5, 0.6) is 0 Å². The number of furan rings is 1. The second-order valence-corrected chi connectivity index (χ2v) is 9.09. The van der Waals surface area contributed by atoms with Gasteiger partial charge < -0.3 is 15.1 Å². The molecule has 0 spiro atoms. The van der Waals surface area contributed by atoms with Crippen molar-refractivity contribution in [3.63, 3.8) is 0 Å². The van der Waals surface area contributed by atoms with Gasteiger partial charge in [-0.2, -0.15) is 0 Å². The van der Waals surface area contributed by atoms with Crippen molar-refractivity contribution >= 4 is 28.6 Å². The van der Waals surface area contributed by atoms with Crippen LogP contribution in [0.15, 0.2) is 65.3 Å². The fourth-order valence-electron chi connectivity index (χ4n) is 4.89. The number of urea groups is 1. The summed E-state index contributed by atoms with van der Waals surface area (Å²) in [5, 5.41) is 7.70. The Morgan fingerprint density at radius 3 is 2.59 bits per heavy atom. The second kappa shape index (κ2) is 8.95. The van der Waals surface area contributed by atoms with Gasteiger partial charge in [0.05, 0.1) is 12.3 Å². The highest BCUT2D eigenvalue weighted by Gasteiger charge is 2.49. The van der Waals surface area contributed by atoms with Gasteiger partial charge in [-0.15, -0.1) is 0 Å². The Hall–Kier alpha value is -3.65. The molecule has 34 heavy (non-hydrogen) atoms. The highest BCUT2D eigenvalue weighted by Crippen LogP contribution is 2.31. The number of carbonyl (C=O) groups excluding carboxylic acids is 3. The summed E-state index contributed by atoms with van der Waals surface area (Å²) in [4.78, 5) is 42.0. The zero-order chi connectivity index (χ0) is 23.7. The van der Waals surface area contributed by atoms with Gasteiger partial charge in [0.1, 0.15) is 17.8 Å². The molecular formula is C26H28N4O4. The molecule has 2 aliphatic rings. The molecule has 0 bridgehead atoms. The molecule has 0 saturated carbocycles. The van der Waals surface area contributed by atoms with Crippen molar-refractivity contribution in [1.29, 1.82) is 0 Å². The van der Waals surface area contributed by atoms with Crippen LogP contribution in [0, 0.1) is 0 Å². The Balaban J connectivity index is 1.27. The lowest BCUT2D eigenvalue weighted by Gasteiger charge is -2.26. The molecule has 0 radical (unpaired) electrons. The molecule has 8 heteroatoms. The maximum atomic E-state index is 13.3. The number of hydrogen-bond acceptors (Lipinski definition) is 5. The average Bonchev–Trinajstić information content (AvgIpc) is 3.60. The summed E-state index contributed by atoms with van der Waals surface area (Å²) in [6.45, 7) is 3.57. The fourth-order valence-corrected chi connectivity index (χ4v) is 4.89. The van der Waals surface area contributed by atoms with E-state index in [1.807, 2.05) is 54.6 Å². The van der Waals surface area contributed by atoms with E-state index >= 15 is 0 Å². The van der Waals surface area contributed by atoms with E-state index in [1.54, 1.807) is 13.2 Å². The number of nitrogens with zero attached hydrogens (tertiary/aromatic N) is 2. The van der Waals surface area contributed by atoms with Gasteiger partial charge in [0.25, 0.3) is 5.91 Å². The van der Waals surface area contributed by atoms with Crippen molar-refractivity contribution in [3.8, 4) is 0 Å². The molecule has 2 aromatic carbocycles. The number of benzene rings is 2. The van der Waals surface area contributed by atoms with E-state index in [1.165, 1.54) is 0 Å². The normalized spacial score (nSPS) is 21.7. The SMILES string of the molecule is CC1(c2ccc3ccccc3c2)NC(=O)N(CC(=O)NCC(c2ccco2)N2CCCC2)C1=O. The summed E-state index contributed by atoms with van der Waals surface area (Å²) < 4.78 is 5.59. The van der Waals surface area contributed by atoms with Crippen LogP contribution in [0.4, 0.5) is 4.79 Å². The number of rotatable bonds is 7. The first kappa shape index (κ1) is 22.2. The highest BCUT2D eigenvalue weighted by atomic mass is 16.3. The molecule has 3 aromatic rings. The van der Waals surface area contributed by atoms with Crippen LogP contribution in [0.3, 0.4) is 0 Å². The second-order valence-electron chi connectivity index (χ2n) is 9.09. The summed E-state index contributed by atoms with van der Waals surface area (Å²) in [7, 11) is 0. The molecule has 2 unspecified atom stereocenters. The van der Waals surface area contributed by atoms with E-state index in [2.05, 4.69) is 15.5 Å². The molecule has 3 heterocycles. The van der Waals surface area contributed by atoms with E-state index in [0.29, 0.717) is 12.1 Å². The van der Waals surface area contributed by atoms with Crippen LogP contribution in [-0.2, 0) is 15.1 Å². The molecule has 2 aliphatic heterocycles. The van der Waals surface area contributed by atoms with Gasteiger partial charge in [-0.3, -0.25) is 19.4 Å². The molecule has 0 aliphatic carbocycles. The number of hydrogen-bond donors (Lipinski definition) is 2. The fraction of sp³-hybridized carbons (Fsp3) is 0.346. The van der Waals surface area contributed by atoms with Gasteiger partial charge in [0.2, 0.25) is 5.91 Å². The smallest absolute Gasteiger partial charge is 0.325 e.